The van der Waals surface area contributed by atoms with E-state index in [2.05, 4.69) is 20.0 Å². The average molecular weight is 616 g/mol. The summed E-state index contributed by atoms with van der Waals surface area (Å²) in [5.74, 6) is -4.32. The van der Waals surface area contributed by atoms with Crippen molar-refractivity contribution in [3.05, 3.63) is 58.9 Å². The second-order valence-corrected chi connectivity index (χ2v) is 15.7. The Morgan fingerprint density at radius 1 is 1.10 bits per heavy atom. The first-order chi connectivity index (χ1) is 19.2. The van der Waals surface area contributed by atoms with Gasteiger partial charge in [-0.1, -0.05) is 0 Å². The minimum absolute atomic E-state index is 0.0321. The Labute approximate surface area is 242 Å². The van der Waals surface area contributed by atoms with Gasteiger partial charge in [-0.05, 0) is 77.3 Å². The standard InChI is InChI=1S/C27H36F3N5O4S2/c1-16-14-33-25(15-32-16)26(36)31-7-8-41(38,39)35-19-5-6-20(35)10-18(9-19)24(34-40(37)27(2,3)4)12-17-11-22(29)23(30)13-21(17)28/h11,13-15,18-20,24,34H,5-10,12H2,1-4H3,(H,31,36)/t18?,19?,20?,24-,40?/m1/s1. The van der Waals surface area contributed by atoms with E-state index in [1.165, 1.54) is 16.7 Å². The van der Waals surface area contributed by atoms with E-state index in [-0.39, 0.29) is 48.0 Å². The van der Waals surface area contributed by atoms with Gasteiger partial charge >= 0.3 is 0 Å². The molecule has 0 spiro atoms. The number of nitrogens with one attached hydrogen (secondary N) is 2. The number of hydrogen-bond donors (Lipinski definition) is 2. The van der Waals surface area contributed by atoms with Crippen LogP contribution in [0.25, 0.3) is 0 Å². The number of aryl methyl sites for hydroxylation is 1. The summed E-state index contributed by atoms with van der Waals surface area (Å²) < 4.78 is 85.8. The topological polar surface area (TPSA) is 127 Å². The molecule has 2 aliphatic heterocycles. The minimum atomic E-state index is -3.72. The first kappa shape index (κ1) is 31.7. The number of fused-ring (bicyclic) bond motifs is 2. The fourth-order valence-corrected chi connectivity index (χ4v) is 8.30. The zero-order chi connectivity index (χ0) is 30.1. The quantitative estimate of drug-likeness (QED) is 0.311. The number of amides is 1. The van der Waals surface area contributed by atoms with Crippen LogP contribution >= 0.6 is 0 Å². The third-order valence-electron chi connectivity index (χ3n) is 7.60. The zero-order valence-corrected chi connectivity index (χ0v) is 25.1. The van der Waals surface area contributed by atoms with E-state index in [0.717, 1.165) is 6.07 Å². The molecule has 2 bridgehead atoms. The molecule has 4 atom stereocenters. The number of carbonyl (C=O) groups is 1. The summed E-state index contributed by atoms with van der Waals surface area (Å²) in [5.41, 5.74) is 0.710. The minimum Gasteiger partial charge on any atom is -0.598 e. The lowest BCUT2D eigenvalue weighted by Gasteiger charge is -2.41. The lowest BCUT2D eigenvalue weighted by molar-refractivity contribution is 0.0950. The maximum Gasteiger partial charge on any atom is 0.271 e. The lowest BCUT2D eigenvalue weighted by atomic mass is 9.83. The molecule has 14 heteroatoms. The summed E-state index contributed by atoms with van der Waals surface area (Å²) in [6, 6.07) is 0.140. The molecule has 0 saturated carbocycles. The molecule has 4 rings (SSSR count). The number of carbonyl (C=O) groups excluding carboxylic acids is 1. The van der Waals surface area contributed by atoms with Gasteiger partial charge in [-0.2, -0.15) is 4.31 Å². The third kappa shape index (κ3) is 7.58. The van der Waals surface area contributed by atoms with Crippen LogP contribution in [0.2, 0.25) is 0 Å². The van der Waals surface area contributed by atoms with Gasteiger partial charge in [0.15, 0.2) is 11.6 Å². The first-order valence-electron chi connectivity index (χ1n) is 13.5. The summed E-state index contributed by atoms with van der Waals surface area (Å²) in [6.45, 7) is 7.00. The molecule has 1 aromatic carbocycles. The monoisotopic (exact) mass is 615 g/mol. The second-order valence-electron chi connectivity index (χ2n) is 11.7. The predicted octanol–water partition coefficient (Wildman–Crippen LogP) is 3.17. The number of piperidine rings is 1. The predicted molar refractivity (Wildman–Crippen MR) is 149 cm³/mol. The number of sulfonamides is 1. The maximum atomic E-state index is 14.6. The summed E-state index contributed by atoms with van der Waals surface area (Å²) in [7, 11) is -3.72. The number of aromatic nitrogens is 2. The summed E-state index contributed by atoms with van der Waals surface area (Å²) in [5, 5.41) is 2.58. The van der Waals surface area contributed by atoms with Crippen molar-refractivity contribution in [3.63, 3.8) is 0 Å². The highest BCUT2D eigenvalue weighted by Gasteiger charge is 2.49. The van der Waals surface area contributed by atoms with Gasteiger partial charge in [0, 0.05) is 42.3 Å². The average Bonchev–Trinajstić information content (AvgIpc) is 3.17. The van der Waals surface area contributed by atoms with Crippen molar-refractivity contribution in [3.8, 4) is 0 Å². The van der Waals surface area contributed by atoms with Gasteiger partial charge in [0.1, 0.15) is 16.3 Å². The Balaban J connectivity index is 1.45. The van der Waals surface area contributed by atoms with Crippen molar-refractivity contribution < 1.29 is 30.9 Å². The first-order valence-corrected chi connectivity index (χ1v) is 16.3. The van der Waals surface area contributed by atoms with E-state index in [1.54, 1.807) is 27.7 Å². The van der Waals surface area contributed by atoms with Crippen LogP contribution in [0.4, 0.5) is 13.2 Å². The molecule has 2 saturated heterocycles. The molecule has 2 fully saturated rings. The zero-order valence-electron chi connectivity index (χ0n) is 23.5. The summed E-state index contributed by atoms with van der Waals surface area (Å²) in [4.78, 5) is 20.3. The van der Waals surface area contributed by atoms with Crippen LogP contribution in [0.1, 0.15) is 68.2 Å². The molecule has 2 aliphatic rings. The van der Waals surface area contributed by atoms with Crippen LogP contribution in [0, 0.1) is 30.3 Å². The van der Waals surface area contributed by atoms with Crippen molar-refractivity contribution in [1.29, 1.82) is 0 Å². The van der Waals surface area contributed by atoms with Crippen LogP contribution < -0.4 is 10.0 Å². The van der Waals surface area contributed by atoms with Gasteiger partial charge in [-0.3, -0.25) is 9.78 Å². The molecule has 1 amide bonds. The second kappa shape index (κ2) is 12.5. The van der Waals surface area contributed by atoms with Gasteiger partial charge < -0.3 is 9.87 Å². The highest BCUT2D eigenvalue weighted by atomic mass is 32.2. The molecule has 0 radical (unpaired) electrons. The molecular formula is C27H36F3N5O4S2. The smallest absolute Gasteiger partial charge is 0.271 e. The van der Waals surface area contributed by atoms with Crippen LogP contribution in [0.15, 0.2) is 24.5 Å². The van der Waals surface area contributed by atoms with Crippen LogP contribution in [0.5, 0.6) is 0 Å². The highest BCUT2D eigenvalue weighted by molar-refractivity contribution is 7.90. The van der Waals surface area contributed by atoms with E-state index in [4.69, 9.17) is 0 Å². The van der Waals surface area contributed by atoms with Gasteiger partial charge in [0.25, 0.3) is 5.91 Å². The Morgan fingerprint density at radius 2 is 1.73 bits per heavy atom. The largest absolute Gasteiger partial charge is 0.598 e. The molecule has 1 aromatic heterocycles. The van der Waals surface area contributed by atoms with Crippen molar-refractivity contribution in [2.45, 2.75) is 82.7 Å². The Kier molecular flexibility index (Phi) is 9.69. The van der Waals surface area contributed by atoms with Crippen molar-refractivity contribution in [2.75, 3.05) is 12.3 Å². The lowest BCUT2D eigenvalue weighted by Crippen LogP contribution is -2.54. The molecule has 3 heterocycles. The van der Waals surface area contributed by atoms with E-state index in [1.807, 2.05) is 0 Å². The van der Waals surface area contributed by atoms with Crippen LogP contribution in [-0.2, 0) is 27.8 Å². The normalized spacial score (nSPS) is 22.9. The van der Waals surface area contributed by atoms with Gasteiger partial charge in [0.05, 0.1) is 23.7 Å². The molecule has 226 valence electrons. The summed E-state index contributed by atoms with van der Waals surface area (Å²) in [6.07, 6.45) is 4.90. The summed E-state index contributed by atoms with van der Waals surface area (Å²) >= 11 is -1.54. The highest BCUT2D eigenvalue weighted by Crippen LogP contribution is 2.42. The van der Waals surface area contributed by atoms with Crippen molar-refractivity contribution >= 4 is 27.3 Å². The molecule has 0 aliphatic carbocycles. The number of nitrogens with zero attached hydrogens (tertiary/aromatic N) is 3. The van der Waals surface area contributed by atoms with Crippen molar-refractivity contribution in [2.24, 2.45) is 5.92 Å². The Morgan fingerprint density at radius 3 is 2.32 bits per heavy atom. The van der Waals surface area contributed by atoms with Crippen LogP contribution in [-0.4, -0.2) is 68.3 Å². The van der Waals surface area contributed by atoms with Crippen LogP contribution in [0.3, 0.4) is 0 Å². The Bertz CT molecular complexity index is 1340. The number of benzene rings is 1. The van der Waals surface area contributed by atoms with E-state index in [9.17, 15) is 30.9 Å². The molecule has 2 N–H and O–H groups in total. The fourth-order valence-electron chi connectivity index (χ4n) is 5.53. The Hall–Kier alpha value is -2.26. The van der Waals surface area contributed by atoms with Gasteiger partial charge in [-0.15, -0.1) is 4.72 Å². The number of halogens is 3. The SMILES string of the molecule is Cc1cnc(C(=O)NCCS(=O)(=O)N2C3CCC2CC([C@@H](Cc2cc(F)c(F)cc2F)N[S+]([O-])C(C)(C)C)C3)cn1. The molecule has 3 unspecified atom stereocenters. The molecule has 9 nitrogen and oxygen atoms in total. The van der Waals surface area contributed by atoms with Crippen molar-refractivity contribution in [1.82, 2.24) is 24.3 Å². The van der Waals surface area contributed by atoms with Gasteiger partial charge in [0.2, 0.25) is 10.0 Å². The molecular weight excluding hydrogens is 579 g/mol. The number of rotatable bonds is 10. The maximum absolute atomic E-state index is 14.6. The molecule has 2 aromatic rings. The fraction of sp³-hybridized carbons (Fsp3) is 0.593. The van der Waals surface area contributed by atoms with Gasteiger partial charge in [-0.25, -0.2) is 26.6 Å². The van der Waals surface area contributed by atoms with E-state index >= 15 is 0 Å². The third-order valence-corrected chi connectivity index (χ3v) is 11.2. The molecule has 41 heavy (non-hydrogen) atoms. The van der Waals surface area contributed by atoms with E-state index in [0.29, 0.717) is 37.4 Å². The van der Waals surface area contributed by atoms with E-state index < -0.39 is 55.5 Å². The number of hydrogen-bond acceptors (Lipinski definition) is 7.